The van der Waals surface area contributed by atoms with Crippen LogP contribution in [0, 0.1) is 0 Å². The fraction of sp³-hybridized carbons (Fsp3) is 0.250. The maximum absolute atomic E-state index is 5.53. The van der Waals surface area contributed by atoms with Gasteiger partial charge in [-0.15, -0.1) is 11.8 Å². The minimum atomic E-state index is 1.01. The van der Waals surface area contributed by atoms with E-state index in [1.54, 1.807) is 0 Å². The topological polar surface area (TPSA) is 15.8 Å². The second kappa shape index (κ2) is 8.84. The highest BCUT2D eigenvalue weighted by Gasteiger charge is 2.04. The van der Waals surface area contributed by atoms with E-state index in [-0.39, 0.29) is 0 Å². The Morgan fingerprint density at radius 1 is 1.04 bits per heavy atom. The number of aromatic nitrogens is 1. The largest absolute Gasteiger partial charge is 0.361 e. The van der Waals surface area contributed by atoms with Gasteiger partial charge in [-0.1, -0.05) is 58.5 Å². The van der Waals surface area contributed by atoms with Gasteiger partial charge in [-0.3, -0.25) is 0 Å². The zero-order chi connectivity index (χ0) is 16.8. The minimum absolute atomic E-state index is 1.01. The Labute approximate surface area is 161 Å². The quantitative estimate of drug-likeness (QED) is 0.438. The highest BCUT2D eigenvalue weighted by atomic mass is 79.9. The lowest BCUT2D eigenvalue weighted by Crippen LogP contribution is -1.95. The average Bonchev–Trinajstić information content (AvgIpc) is 3.00. The van der Waals surface area contributed by atoms with E-state index < -0.39 is 0 Å². The summed E-state index contributed by atoms with van der Waals surface area (Å²) in [5, 5.41) is 1.34. The Bertz CT molecular complexity index is 808. The van der Waals surface area contributed by atoms with E-state index >= 15 is 0 Å². The Morgan fingerprint density at radius 3 is 2.67 bits per heavy atom. The smallest absolute Gasteiger partial charge is 0.0478 e. The highest BCUT2D eigenvalue weighted by Crippen LogP contribution is 2.21. The van der Waals surface area contributed by atoms with Crippen molar-refractivity contribution in [1.29, 1.82) is 0 Å². The van der Waals surface area contributed by atoms with Gasteiger partial charge in [0.1, 0.15) is 0 Å². The van der Waals surface area contributed by atoms with Crippen molar-refractivity contribution >= 4 is 55.0 Å². The van der Waals surface area contributed by atoms with Gasteiger partial charge in [0.15, 0.2) is 0 Å². The van der Waals surface area contributed by atoms with Crippen molar-refractivity contribution in [3.8, 4) is 0 Å². The first-order valence-corrected chi connectivity index (χ1v) is 10.4. The van der Waals surface area contributed by atoms with Crippen molar-refractivity contribution in [3.05, 3.63) is 70.3 Å². The molecule has 0 atom stereocenters. The molecule has 0 saturated carbocycles. The van der Waals surface area contributed by atoms with E-state index in [0.29, 0.717) is 0 Å². The molecule has 1 heterocycles. The van der Waals surface area contributed by atoms with Gasteiger partial charge in [0.2, 0.25) is 0 Å². The Morgan fingerprint density at radius 2 is 1.83 bits per heavy atom. The van der Waals surface area contributed by atoms with E-state index in [0.717, 1.165) is 40.1 Å². The maximum atomic E-state index is 5.53. The first kappa shape index (κ1) is 17.7. The summed E-state index contributed by atoms with van der Waals surface area (Å²) in [4.78, 5) is 3.34. The molecule has 24 heavy (non-hydrogen) atoms. The molecule has 3 aromatic rings. The van der Waals surface area contributed by atoms with Crippen LogP contribution in [0.5, 0.6) is 0 Å². The molecule has 0 unspecified atom stereocenters. The van der Waals surface area contributed by atoms with Gasteiger partial charge in [-0.05, 0) is 55.0 Å². The lowest BCUT2D eigenvalue weighted by Gasteiger charge is -2.05. The predicted molar refractivity (Wildman–Crippen MR) is 114 cm³/mol. The monoisotopic (exact) mass is 417 g/mol. The van der Waals surface area contributed by atoms with E-state index in [2.05, 4.69) is 75.6 Å². The fourth-order valence-electron chi connectivity index (χ4n) is 2.77. The zero-order valence-corrected chi connectivity index (χ0v) is 16.6. The number of H-pyrrole nitrogens is 1. The number of hydrogen-bond donors (Lipinski definition) is 1. The van der Waals surface area contributed by atoms with Crippen LogP contribution in [0.3, 0.4) is 0 Å². The minimum Gasteiger partial charge on any atom is -0.361 e. The molecule has 0 bridgehead atoms. The molecule has 0 aliphatic carbocycles. The SMILES string of the molecule is S=C(CCCc1c[nH]c2ccccc12)SCCc1ccc(Br)cc1. The average molecular weight is 418 g/mol. The first-order chi connectivity index (χ1) is 11.7. The number of halogens is 1. The van der Waals surface area contributed by atoms with Crippen LogP contribution >= 0.6 is 39.9 Å². The van der Waals surface area contributed by atoms with Crippen LogP contribution in [0.1, 0.15) is 24.0 Å². The number of aromatic amines is 1. The highest BCUT2D eigenvalue weighted by molar-refractivity contribution is 9.10. The second-order valence-electron chi connectivity index (χ2n) is 5.81. The summed E-state index contributed by atoms with van der Waals surface area (Å²) in [6.45, 7) is 0. The summed E-state index contributed by atoms with van der Waals surface area (Å²) in [7, 11) is 0. The van der Waals surface area contributed by atoms with Crippen LogP contribution in [0.4, 0.5) is 0 Å². The van der Waals surface area contributed by atoms with Gasteiger partial charge < -0.3 is 4.98 Å². The molecule has 0 saturated heterocycles. The number of hydrogen-bond acceptors (Lipinski definition) is 2. The molecule has 2 aromatic carbocycles. The molecular weight excluding hydrogens is 398 g/mol. The van der Waals surface area contributed by atoms with Crippen LogP contribution in [0.15, 0.2) is 59.2 Å². The second-order valence-corrected chi connectivity index (χ2v) is 8.67. The number of aryl methyl sites for hydroxylation is 2. The maximum Gasteiger partial charge on any atom is 0.0478 e. The van der Waals surface area contributed by atoms with Crippen LogP contribution in [-0.2, 0) is 12.8 Å². The molecule has 0 aliphatic rings. The number of fused-ring (bicyclic) bond motifs is 1. The lowest BCUT2D eigenvalue weighted by molar-refractivity contribution is 0.882. The number of thiocarbonyl (C=S) groups is 1. The summed E-state index contributed by atoms with van der Waals surface area (Å²) in [6, 6.07) is 17.0. The standard InChI is InChI=1S/C20H20BrNS2/c21-17-10-8-15(9-11-17)12-13-24-20(23)7-3-4-16-14-22-19-6-2-1-5-18(16)19/h1-2,5-6,8-11,14,22H,3-4,7,12-13H2. The van der Waals surface area contributed by atoms with E-state index in [4.69, 9.17) is 12.2 Å². The third-order valence-electron chi connectivity index (χ3n) is 4.07. The zero-order valence-electron chi connectivity index (χ0n) is 13.4. The van der Waals surface area contributed by atoms with Gasteiger partial charge in [-0.25, -0.2) is 0 Å². The summed E-state index contributed by atoms with van der Waals surface area (Å²) >= 11 is 10.8. The van der Waals surface area contributed by atoms with Gasteiger partial charge in [0.05, 0.1) is 0 Å². The molecule has 1 N–H and O–H groups in total. The van der Waals surface area contributed by atoms with Crippen molar-refractivity contribution in [2.75, 3.05) is 5.75 Å². The molecule has 0 amide bonds. The van der Waals surface area contributed by atoms with Crippen LogP contribution in [-0.4, -0.2) is 14.9 Å². The van der Waals surface area contributed by atoms with Crippen molar-refractivity contribution in [2.45, 2.75) is 25.7 Å². The molecule has 124 valence electrons. The van der Waals surface area contributed by atoms with Crippen molar-refractivity contribution in [1.82, 2.24) is 4.98 Å². The lowest BCUT2D eigenvalue weighted by atomic mass is 10.1. The van der Waals surface area contributed by atoms with E-state index in [9.17, 15) is 0 Å². The molecule has 0 radical (unpaired) electrons. The van der Waals surface area contributed by atoms with E-state index in [1.165, 1.54) is 22.0 Å². The number of thioether (sulfide) groups is 1. The molecular formula is C20H20BrNS2. The van der Waals surface area contributed by atoms with Gasteiger partial charge >= 0.3 is 0 Å². The van der Waals surface area contributed by atoms with Crippen molar-refractivity contribution in [2.24, 2.45) is 0 Å². The normalized spacial score (nSPS) is 11.0. The molecule has 1 aromatic heterocycles. The van der Waals surface area contributed by atoms with Crippen LogP contribution < -0.4 is 0 Å². The Balaban J connectivity index is 1.39. The molecule has 3 rings (SSSR count). The number of benzene rings is 2. The number of para-hydroxylation sites is 1. The van der Waals surface area contributed by atoms with Crippen molar-refractivity contribution < 1.29 is 0 Å². The summed E-state index contributed by atoms with van der Waals surface area (Å²) in [5.74, 6) is 1.06. The number of rotatable bonds is 7. The van der Waals surface area contributed by atoms with E-state index in [1.807, 2.05) is 11.8 Å². The molecule has 4 heteroatoms. The fourth-order valence-corrected chi connectivity index (χ4v) is 4.28. The molecule has 0 spiro atoms. The van der Waals surface area contributed by atoms with Crippen LogP contribution in [0.2, 0.25) is 0 Å². The van der Waals surface area contributed by atoms with Gasteiger partial charge in [-0.2, -0.15) is 0 Å². The molecule has 0 aliphatic heterocycles. The van der Waals surface area contributed by atoms with Gasteiger partial charge in [0.25, 0.3) is 0 Å². The third kappa shape index (κ3) is 4.95. The Kier molecular flexibility index (Phi) is 6.52. The summed E-state index contributed by atoms with van der Waals surface area (Å²) in [6.07, 6.45) is 6.41. The van der Waals surface area contributed by atoms with Crippen LogP contribution in [0.25, 0.3) is 10.9 Å². The summed E-state index contributed by atoms with van der Waals surface area (Å²) in [5.41, 5.74) is 3.99. The predicted octanol–water partition coefficient (Wildman–Crippen LogP) is 6.56. The third-order valence-corrected chi connectivity index (χ3v) is 6.09. The van der Waals surface area contributed by atoms with Gasteiger partial charge in [0, 0.05) is 31.5 Å². The number of nitrogens with one attached hydrogen (secondary N) is 1. The Hall–Kier alpha value is -1.10. The molecule has 1 nitrogen and oxygen atoms in total. The van der Waals surface area contributed by atoms with Crippen molar-refractivity contribution in [3.63, 3.8) is 0 Å². The molecule has 0 fully saturated rings. The first-order valence-electron chi connectivity index (χ1n) is 8.17. The summed E-state index contributed by atoms with van der Waals surface area (Å²) < 4.78 is 2.26.